The lowest BCUT2D eigenvalue weighted by molar-refractivity contribution is 0.101. The summed E-state index contributed by atoms with van der Waals surface area (Å²) >= 11 is 0. The molecular weight excluding hydrogens is 1170 g/mol. The van der Waals surface area contributed by atoms with E-state index in [0.717, 1.165) is 88.9 Å². The van der Waals surface area contributed by atoms with E-state index in [-0.39, 0.29) is 41.1 Å². The number of rotatable bonds is 0. The van der Waals surface area contributed by atoms with Crippen molar-refractivity contribution in [1.29, 1.82) is 0 Å². The van der Waals surface area contributed by atoms with E-state index in [4.69, 9.17) is 9.98 Å². The van der Waals surface area contributed by atoms with Gasteiger partial charge in [-0.05, 0) is 192 Å². The van der Waals surface area contributed by atoms with Gasteiger partial charge in [0, 0.05) is 84.0 Å². The zero-order valence-corrected chi connectivity index (χ0v) is 53.1. The fraction of sp³-hybridized carbons (Fsp3) is 0.133. The normalized spacial score (nSPS) is 16.9. The summed E-state index contributed by atoms with van der Waals surface area (Å²) in [4.78, 5) is 71.0. The highest BCUT2D eigenvalue weighted by Crippen LogP contribution is 2.43. The zero-order chi connectivity index (χ0) is 64.7. The van der Waals surface area contributed by atoms with Crippen LogP contribution in [0.1, 0.15) is 125 Å². The van der Waals surface area contributed by atoms with E-state index in [1.54, 1.807) is 0 Å². The number of carbonyl (C=O) groups is 4. The van der Waals surface area contributed by atoms with Gasteiger partial charge in [-0.25, -0.2) is 9.98 Å². The minimum absolute atomic E-state index is 0.194. The summed E-state index contributed by atoms with van der Waals surface area (Å²) in [5.41, 5.74) is 18.2. The standard InChI is InChI=1S/C83H66N8O4/c1-82(2)45-50-16-11-21-55(40-50)78(92)84-59-25-15-20-54(44-59)74-66-32-33-67(85-66)75-60-26-5-8-29-63(60)87-79(93)56-22-13-18-52(42-56)47-83(3,4)48-53-19-14-24-58(43-53)81(95)89-65-31-10-7-28-62(65)77-69-35-34-68(86-69)76(71-37-36-70(74)90(71)49-91-72(75)38-39-73(77)91)61-27-6-9-30-64(61)88-80(94)57-23-12-17-51(41-57)46-82/h5-44H,45-49H2,1-4H3,(H,84,92)(H,87,93)(H,88,94)(H,89,95). The Morgan fingerprint density at radius 2 is 0.705 bits per heavy atom. The molecule has 12 heteroatoms. The van der Waals surface area contributed by atoms with Crippen LogP contribution in [0, 0.1) is 10.8 Å². The van der Waals surface area contributed by atoms with Crippen LogP contribution in [0.3, 0.4) is 0 Å². The Labute approximate surface area is 550 Å². The monoisotopic (exact) mass is 1240 g/mol. The summed E-state index contributed by atoms with van der Waals surface area (Å²) in [6.45, 7) is 9.05. The maximum atomic E-state index is 15.0. The van der Waals surface area contributed by atoms with Gasteiger partial charge in [0.05, 0.1) is 44.9 Å². The number of anilines is 4. The first-order chi connectivity index (χ1) is 46.1. The predicted molar refractivity (Wildman–Crippen MR) is 379 cm³/mol. The number of nitrogens with one attached hydrogen (secondary N) is 4. The number of hydrogen-bond acceptors (Lipinski definition) is 6. The molecule has 0 atom stereocenters. The fourth-order valence-electron chi connectivity index (χ4n) is 14.8. The summed E-state index contributed by atoms with van der Waals surface area (Å²) in [5.74, 6) is -1.02. The van der Waals surface area contributed by atoms with E-state index in [9.17, 15) is 9.59 Å². The van der Waals surface area contributed by atoms with Gasteiger partial charge in [-0.2, -0.15) is 0 Å². The first-order valence-electron chi connectivity index (χ1n) is 32.3. The average molecular weight is 1240 g/mol. The third-order valence-corrected chi connectivity index (χ3v) is 18.8. The second-order valence-electron chi connectivity index (χ2n) is 27.0. The minimum atomic E-state index is -0.264. The Morgan fingerprint density at radius 3 is 1.15 bits per heavy atom. The molecule has 0 aliphatic carbocycles. The van der Waals surface area contributed by atoms with E-state index >= 15 is 9.59 Å². The van der Waals surface area contributed by atoms with Gasteiger partial charge in [-0.15, -0.1) is 0 Å². The topological polar surface area (TPSA) is 151 Å². The van der Waals surface area contributed by atoms with Crippen LogP contribution in [0.15, 0.2) is 264 Å². The Bertz CT molecular complexity index is 5310. The maximum absolute atomic E-state index is 15.0. The molecule has 16 rings (SSSR count). The molecule has 4 amide bonds. The van der Waals surface area contributed by atoms with Crippen LogP contribution in [-0.4, -0.2) is 44.2 Å². The second-order valence-corrected chi connectivity index (χ2v) is 27.0. The maximum Gasteiger partial charge on any atom is 0.255 e. The SMILES string of the molecule is CC1(C)Cc2cccc(c2)C(=O)Nc2ccccc2C2=C3C=CC(=N3)C3=c4ccc5n4Cn4c2ccc4C(=C2C=CC(=N2)C=5c2ccccc2NC(=O)c2cccc(c2)CC(C)(C)Cc2cccc(c2)C(=O)Nc2cccc3c2)c2ccccc2NC(=O)c2cccc(c2)C1. The van der Waals surface area contributed by atoms with Crippen molar-refractivity contribution in [3.63, 3.8) is 0 Å². The molecule has 24 bridgehead atoms. The summed E-state index contributed by atoms with van der Waals surface area (Å²) in [6.07, 6.45) is 10.9. The zero-order valence-electron chi connectivity index (χ0n) is 53.1. The van der Waals surface area contributed by atoms with Gasteiger partial charge < -0.3 is 30.4 Å². The Balaban J connectivity index is 0.997. The molecule has 462 valence electrons. The summed E-state index contributed by atoms with van der Waals surface area (Å²) < 4.78 is 4.60. The van der Waals surface area contributed by atoms with Gasteiger partial charge in [-0.3, -0.25) is 19.2 Å². The first kappa shape index (κ1) is 58.3. The van der Waals surface area contributed by atoms with Gasteiger partial charge in [0.15, 0.2) is 0 Å². The van der Waals surface area contributed by atoms with Crippen LogP contribution < -0.4 is 32.0 Å². The van der Waals surface area contributed by atoms with Crippen LogP contribution in [0.25, 0.3) is 22.3 Å². The third kappa shape index (κ3) is 11.0. The van der Waals surface area contributed by atoms with Gasteiger partial charge >= 0.3 is 0 Å². The number of allylic oxidation sites excluding steroid dienone is 4. The Morgan fingerprint density at radius 1 is 0.337 bits per heavy atom. The molecule has 6 aliphatic rings. The van der Waals surface area contributed by atoms with Gasteiger partial charge in [0.1, 0.15) is 6.67 Å². The molecule has 4 N–H and O–H groups in total. The van der Waals surface area contributed by atoms with Crippen molar-refractivity contribution in [2.45, 2.75) is 60.0 Å². The van der Waals surface area contributed by atoms with Crippen LogP contribution >= 0.6 is 0 Å². The summed E-state index contributed by atoms with van der Waals surface area (Å²) in [5, 5.41) is 15.0. The lowest BCUT2D eigenvalue weighted by Crippen LogP contribution is -2.36. The fourth-order valence-corrected chi connectivity index (χ4v) is 14.8. The molecule has 2 aromatic heterocycles. The van der Waals surface area contributed by atoms with Crippen LogP contribution in [0.2, 0.25) is 0 Å². The van der Waals surface area contributed by atoms with Crippen LogP contribution in [-0.2, 0) is 32.4 Å². The molecule has 12 nitrogen and oxygen atoms in total. The van der Waals surface area contributed by atoms with Crippen molar-refractivity contribution in [2.24, 2.45) is 20.8 Å². The van der Waals surface area contributed by atoms with E-state index < -0.39 is 0 Å². The van der Waals surface area contributed by atoms with Crippen LogP contribution in [0.4, 0.5) is 22.7 Å². The van der Waals surface area contributed by atoms with E-state index in [2.05, 4.69) is 119 Å². The second kappa shape index (κ2) is 23.1. The number of aromatic nitrogens is 2. The molecule has 0 saturated carbocycles. The van der Waals surface area contributed by atoms with Gasteiger partial charge in [-0.1, -0.05) is 143 Å². The Hall–Kier alpha value is -11.8. The van der Waals surface area contributed by atoms with E-state index in [0.29, 0.717) is 93.5 Å². The van der Waals surface area contributed by atoms with Gasteiger partial charge in [0.25, 0.3) is 23.6 Å². The van der Waals surface area contributed by atoms with Gasteiger partial charge in [0.2, 0.25) is 0 Å². The molecule has 0 unspecified atom stereocenters. The Kier molecular flexibility index (Phi) is 14.2. The first-order valence-corrected chi connectivity index (χ1v) is 32.3. The number of hydrogen-bond donors (Lipinski definition) is 4. The van der Waals surface area contributed by atoms with Crippen LogP contribution in [0.5, 0.6) is 0 Å². The summed E-state index contributed by atoms with van der Waals surface area (Å²) in [7, 11) is 0. The lowest BCUT2D eigenvalue weighted by Gasteiger charge is -2.26. The van der Waals surface area contributed by atoms with E-state index in [1.807, 2.05) is 182 Å². The largest absolute Gasteiger partial charge is 0.322 e. The number of benzene rings is 8. The molecule has 0 fully saturated rings. The predicted octanol–water partition coefficient (Wildman–Crippen LogP) is 15.0. The molecule has 0 spiro atoms. The average Bonchev–Trinajstić information content (AvgIpc) is 1.59. The van der Waals surface area contributed by atoms with Crippen molar-refractivity contribution in [1.82, 2.24) is 9.13 Å². The van der Waals surface area contributed by atoms with Crippen molar-refractivity contribution in [3.05, 3.63) is 343 Å². The van der Waals surface area contributed by atoms with Crippen molar-refractivity contribution in [3.8, 4) is 0 Å². The number of amides is 4. The molecule has 10 aromatic rings. The summed E-state index contributed by atoms with van der Waals surface area (Å²) in [6, 6.07) is 71.5. The molecule has 8 heterocycles. The molecule has 0 radical (unpaired) electrons. The molecule has 6 aliphatic heterocycles. The number of nitrogens with zero attached hydrogens (tertiary/aromatic N) is 4. The molecule has 8 aromatic carbocycles. The molecule has 95 heavy (non-hydrogen) atoms. The van der Waals surface area contributed by atoms with Crippen molar-refractivity contribution >= 4 is 80.1 Å². The minimum Gasteiger partial charge on any atom is -0.322 e. The molecule has 0 saturated heterocycles. The quantitative estimate of drug-likeness (QED) is 0.119. The number of aliphatic imine (C=N–C) groups is 2. The van der Waals surface area contributed by atoms with Crippen molar-refractivity contribution < 1.29 is 19.2 Å². The smallest absolute Gasteiger partial charge is 0.255 e. The highest BCUT2D eigenvalue weighted by molar-refractivity contribution is 6.33. The molecular formula is C83H66N8O4. The van der Waals surface area contributed by atoms with E-state index in [1.165, 1.54) is 0 Å². The number of para-hydroxylation sites is 3. The van der Waals surface area contributed by atoms with Crippen molar-refractivity contribution in [2.75, 3.05) is 21.3 Å². The lowest BCUT2D eigenvalue weighted by atomic mass is 9.79. The highest BCUT2D eigenvalue weighted by Gasteiger charge is 2.33. The third-order valence-electron chi connectivity index (χ3n) is 18.8. The number of carbonyl (C=O) groups excluding carboxylic acids is 4. The highest BCUT2D eigenvalue weighted by atomic mass is 16.2. The number of fused-ring (bicyclic) bond motifs is 21.